The van der Waals surface area contributed by atoms with E-state index in [0.717, 1.165) is 24.3 Å². The van der Waals surface area contributed by atoms with E-state index in [1.54, 1.807) is 18.6 Å². The van der Waals surface area contributed by atoms with Gasteiger partial charge in [-0.3, -0.25) is 14.8 Å². The van der Waals surface area contributed by atoms with Crippen LogP contribution in [0.2, 0.25) is 0 Å². The number of nitrogens with zero attached hydrogens (tertiary/aromatic N) is 4. The van der Waals surface area contributed by atoms with Crippen molar-refractivity contribution < 1.29 is 9.53 Å². The minimum atomic E-state index is -0.213. The lowest BCUT2D eigenvalue weighted by atomic mass is 10.1. The summed E-state index contributed by atoms with van der Waals surface area (Å²) in [4.78, 5) is 25.4. The first-order valence-electron chi connectivity index (χ1n) is 8.83. The third-order valence-corrected chi connectivity index (χ3v) is 4.85. The standard InChI is InChI=1S/C19H22N4O2/c24-19(15-3-5-16(6-4-15)22-9-1-2-10-22)23-11-12-25-18(14-23)17-13-20-7-8-21-17/h3-8,13,18H,1-2,9-12,14H2/t18-/m1/s1. The first-order valence-corrected chi connectivity index (χ1v) is 8.83. The van der Waals surface area contributed by atoms with Crippen LogP contribution in [0.4, 0.5) is 5.69 Å². The average Bonchev–Trinajstić information content (AvgIpc) is 3.23. The van der Waals surface area contributed by atoms with Crippen LogP contribution in [0.1, 0.15) is 35.0 Å². The van der Waals surface area contributed by atoms with Gasteiger partial charge < -0.3 is 14.5 Å². The second-order valence-corrected chi connectivity index (χ2v) is 6.48. The fourth-order valence-electron chi connectivity index (χ4n) is 3.46. The summed E-state index contributed by atoms with van der Waals surface area (Å²) in [7, 11) is 0. The van der Waals surface area contributed by atoms with E-state index in [0.29, 0.717) is 19.7 Å². The second kappa shape index (κ2) is 7.19. The van der Waals surface area contributed by atoms with Gasteiger partial charge in [-0.05, 0) is 37.1 Å². The Morgan fingerprint density at radius 2 is 1.88 bits per heavy atom. The Morgan fingerprint density at radius 3 is 2.60 bits per heavy atom. The molecule has 3 heterocycles. The lowest BCUT2D eigenvalue weighted by molar-refractivity contribution is -0.0249. The van der Waals surface area contributed by atoms with Crippen molar-refractivity contribution in [2.24, 2.45) is 0 Å². The molecule has 2 aromatic rings. The molecule has 2 aliphatic rings. The summed E-state index contributed by atoms with van der Waals surface area (Å²) < 4.78 is 5.76. The van der Waals surface area contributed by atoms with Gasteiger partial charge in [0, 0.05) is 43.3 Å². The van der Waals surface area contributed by atoms with E-state index in [1.165, 1.54) is 18.5 Å². The van der Waals surface area contributed by atoms with Gasteiger partial charge in [-0.1, -0.05) is 0 Å². The molecule has 1 amide bonds. The largest absolute Gasteiger partial charge is 0.372 e. The number of rotatable bonds is 3. The number of amides is 1. The number of hydrogen-bond donors (Lipinski definition) is 0. The SMILES string of the molecule is O=C(c1ccc(N2CCCC2)cc1)N1CCO[C@@H](c2cnccn2)C1. The maximum Gasteiger partial charge on any atom is 0.254 e. The van der Waals surface area contributed by atoms with Gasteiger partial charge in [-0.15, -0.1) is 0 Å². The highest BCUT2D eigenvalue weighted by molar-refractivity contribution is 5.94. The Morgan fingerprint density at radius 1 is 1.08 bits per heavy atom. The van der Waals surface area contributed by atoms with Crippen LogP contribution in [0.15, 0.2) is 42.9 Å². The predicted octanol–water partition coefficient (Wildman–Crippen LogP) is 2.29. The van der Waals surface area contributed by atoms with Gasteiger partial charge >= 0.3 is 0 Å². The molecule has 1 aromatic heterocycles. The summed E-state index contributed by atoms with van der Waals surface area (Å²) in [5.41, 5.74) is 2.69. The lowest BCUT2D eigenvalue weighted by Gasteiger charge is -2.32. The van der Waals surface area contributed by atoms with Gasteiger partial charge in [0.25, 0.3) is 5.91 Å². The number of carbonyl (C=O) groups is 1. The molecule has 0 aliphatic carbocycles. The molecular weight excluding hydrogens is 316 g/mol. The third-order valence-electron chi connectivity index (χ3n) is 4.85. The summed E-state index contributed by atoms with van der Waals surface area (Å²) in [5, 5.41) is 0. The van der Waals surface area contributed by atoms with E-state index in [-0.39, 0.29) is 12.0 Å². The normalized spacial score (nSPS) is 20.7. The summed E-state index contributed by atoms with van der Waals surface area (Å²) in [5.74, 6) is 0.0464. The molecule has 2 aliphatic heterocycles. The van der Waals surface area contributed by atoms with Crippen LogP contribution in [0.5, 0.6) is 0 Å². The van der Waals surface area contributed by atoms with Crippen molar-refractivity contribution in [1.29, 1.82) is 0 Å². The fourth-order valence-corrected chi connectivity index (χ4v) is 3.46. The Hall–Kier alpha value is -2.47. The third kappa shape index (κ3) is 3.49. The molecule has 2 fully saturated rings. The number of ether oxygens (including phenoxy) is 1. The molecule has 6 nitrogen and oxygen atoms in total. The highest BCUT2D eigenvalue weighted by atomic mass is 16.5. The molecular formula is C19H22N4O2. The van der Waals surface area contributed by atoms with Crippen molar-refractivity contribution in [2.45, 2.75) is 18.9 Å². The molecule has 6 heteroatoms. The van der Waals surface area contributed by atoms with Crippen LogP contribution in [-0.2, 0) is 4.74 Å². The van der Waals surface area contributed by atoms with Crippen molar-refractivity contribution in [2.75, 3.05) is 37.7 Å². The quantitative estimate of drug-likeness (QED) is 0.859. The van der Waals surface area contributed by atoms with Gasteiger partial charge in [0.05, 0.1) is 25.0 Å². The van der Waals surface area contributed by atoms with Crippen LogP contribution < -0.4 is 4.90 Å². The van der Waals surface area contributed by atoms with Gasteiger partial charge in [-0.25, -0.2) is 0 Å². The van der Waals surface area contributed by atoms with Crippen molar-refractivity contribution in [1.82, 2.24) is 14.9 Å². The fraction of sp³-hybridized carbons (Fsp3) is 0.421. The first kappa shape index (κ1) is 16.0. The van der Waals surface area contributed by atoms with E-state index >= 15 is 0 Å². The first-order chi connectivity index (χ1) is 12.3. The maximum absolute atomic E-state index is 12.8. The van der Waals surface area contributed by atoms with Crippen LogP contribution in [0.25, 0.3) is 0 Å². The lowest BCUT2D eigenvalue weighted by Crippen LogP contribution is -2.42. The van der Waals surface area contributed by atoms with E-state index in [2.05, 4.69) is 27.0 Å². The molecule has 0 N–H and O–H groups in total. The number of anilines is 1. The summed E-state index contributed by atoms with van der Waals surface area (Å²) >= 11 is 0. The van der Waals surface area contributed by atoms with Crippen molar-refractivity contribution >= 4 is 11.6 Å². The smallest absolute Gasteiger partial charge is 0.254 e. The number of hydrogen-bond acceptors (Lipinski definition) is 5. The van der Waals surface area contributed by atoms with Crippen molar-refractivity contribution in [3.8, 4) is 0 Å². The molecule has 1 atom stereocenters. The number of aromatic nitrogens is 2. The molecule has 130 valence electrons. The summed E-state index contributed by atoms with van der Waals surface area (Å²) in [6.07, 6.45) is 7.27. The Kier molecular flexibility index (Phi) is 4.61. The van der Waals surface area contributed by atoms with Crippen LogP contribution >= 0.6 is 0 Å². The van der Waals surface area contributed by atoms with Gasteiger partial charge in [0.2, 0.25) is 0 Å². The molecule has 2 saturated heterocycles. The predicted molar refractivity (Wildman–Crippen MR) is 94.5 cm³/mol. The van der Waals surface area contributed by atoms with Gasteiger partial charge in [0.1, 0.15) is 6.10 Å². The van der Waals surface area contributed by atoms with Crippen LogP contribution in [0, 0.1) is 0 Å². The van der Waals surface area contributed by atoms with E-state index in [9.17, 15) is 4.79 Å². The van der Waals surface area contributed by atoms with Gasteiger partial charge in [0.15, 0.2) is 0 Å². The Labute approximate surface area is 147 Å². The van der Waals surface area contributed by atoms with Gasteiger partial charge in [-0.2, -0.15) is 0 Å². The van der Waals surface area contributed by atoms with Crippen LogP contribution in [-0.4, -0.2) is 53.6 Å². The number of morpholine rings is 1. The van der Waals surface area contributed by atoms with Crippen LogP contribution in [0.3, 0.4) is 0 Å². The molecule has 0 spiro atoms. The average molecular weight is 338 g/mol. The number of carbonyl (C=O) groups excluding carboxylic acids is 1. The molecule has 1 aromatic carbocycles. The van der Waals surface area contributed by atoms with E-state index in [4.69, 9.17) is 4.74 Å². The highest BCUT2D eigenvalue weighted by Gasteiger charge is 2.27. The molecule has 4 rings (SSSR count). The van der Waals surface area contributed by atoms with E-state index < -0.39 is 0 Å². The summed E-state index contributed by atoms with van der Waals surface area (Å²) in [6, 6.07) is 7.98. The Bertz CT molecular complexity index is 714. The Balaban J connectivity index is 1.44. The zero-order valence-corrected chi connectivity index (χ0v) is 14.2. The minimum Gasteiger partial charge on any atom is -0.372 e. The zero-order valence-electron chi connectivity index (χ0n) is 14.2. The molecule has 25 heavy (non-hydrogen) atoms. The number of benzene rings is 1. The topological polar surface area (TPSA) is 58.6 Å². The monoisotopic (exact) mass is 338 g/mol. The van der Waals surface area contributed by atoms with Crippen molar-refractivity contribution in [3.05, 3.63) is 54.1 Å². The molecule has 0 saturated carbocycles. The molecule has 0 radical (unpaired) electrons. The molecule has 0 bridgehead atoms. The summed E-state index contributed by atoms with van der Waals surface area (Å²) in [6.45, 7) is 3.83. The van der Waals surface area contributed by atoms with Crippen molar-refractivity contribution in [3.63, 3.8) is 0 Å². The minimum absolute atomic E-state index is 0.0464. The second-order valence-electron chi connectivity index (χ2n) is 6.48. The van der Waals surface area contributed by atoms with E-state index in [1.807, 2.05) is 17.0 Å². The maximum atomic E-state index is 12.8. The zero-order chi connectivity index (χ0) is 17.1. The molecule has 0 unspecified atom stereocenters. The highest BCUT2D eigenvalue weighted by Crippen LogP contribution is 2.23.